The van der Waals surface area contributed by atoms with E-state index in [0.29, 0.717) is 5.11 Å². The topological polar surface area (TPSA) is 42.3 Å². The standard InChI is InChI=1S/C27H25ClN4OS/c1-17-15-23(18(2)31(17)20-12-10-19(28)11-13-20)26-25(24-9-4-5-14-29-24)30-27(34)32(26)21-7-6-8-22(16-21)33-3/h4-16,25-26H,1-3H3,(H,30,34)/t25-,26+/m1/s1. The van der Waals surface area contributed by atoms with Crippen LogP contribution in [0.4, 0.5) is 5.69 Å². The zero-order chi connectivity index (χ0) is 23.8. The lowest BCUT2D eigenvalue weighted by Crippen LogP contribution is -2.29. The zero-order valence-corrected chi connectivity index (χ0v) is 20.8. The lowest BCUT2D eigenvalue weighted by atomic mass is 9.96. The molecular formula is C27H25ClN4OS. The number of methoxy groups -OCH3 is 1. The van der Waals surface area contributed by atoms with Crippen LogP contribution >= 0.6 is 23.8 Å². The fourth-order valence-electron chi connectivity index (χ4n) is 4.78. The summed E-state index contributed by atoms with van der Waals surface area (Å²) in [5, 5.41) is 4.91. The number of halogens is 1. The molecule has 1 fully saturated rings. The molecule has 7 heteroatoms. The Morgan fingerprint density at radius 2 is 1.76 bits per heavy atom. The van der Waals surface area contributed by atoms with Gasteiger partial charge in [0.25, 0.3) is 0 Å². The summed E-state index contributed by atoms with van der Waals surface area (Å²) in [7, 11) is 1.67. The molecule has 2 atom stereocenters. The van der Waals surface area contributed by atoms with E-state index in [1.165, 1.54) is 5.56 Å². The molecule has 34 heavy (non-hydrogen) atoms. The largest absolute Gasteiger partial charge is 0.497 e. The molecule has 2 aromatic carbocycles. The summed E-state index contributed by atoms with van der Waals surface area (Å²) in [4.78, 5) is 6.84. The lowest BCUT2D eigenvalue weighted by Gasteiger charge is -2.28. The minimum absolute atomic E-state index is 0.0956. The van der Waals surface area contributed by atoms with Crippen molar-refractivity contribution >= 4 is 34.6 Å². The number of pyridine rings is 1. The second-order valence-electron chi connectivity index (χ2n) is 8.34. The number of nitrogens with one attached hydrogen (secondary N) is 1. The Morgan fingerprint density at radius 1 is 0.971 bits per heavy atom. The fraction of sp³-hybridized carbons (Fsp3) is 0.185. The van der Waals surface area contributed by atoms with Gasteiger partial charge in [0.1, 0.15) is 5.75 Å². The Hall–Kier alpha value is -3.35. The first-order chi connectivity index (χ1) is 16.5. The van der Waals surface area contributed by atoms with Gasteiger partial charge in [-0.05, 0) is 86.2 Å². The van der Waals surface area contributed by atoms with E-state index in [9.17, 15) is 0 Å². The van der Waals surface area contributed by atoms with Crippen molar-refractivity contribution in [3.8, 4) is 11.4 Å². The van der Waals surface area contributed by atoms with Gasteiger partial charge in [0.05, 0.1) is 24.9 Å². The number of hydrogen-bond acceptors (Lipinski definition) is 3. The van der Waals surface area contributed by atoms with Crippen molar-refractivity contribution in [3.05, 3.63) is 107 Å². The van der Waals surface area contributed by atoms with Crippen molar-refractivity contribution in [1.82, 2.24) is 14.9 Å². The van der Waals surface area contributed by atoms with Gasteiger partial charge in [-0.25, -0.2) is 0 Å². The van der Waals surface area contributed by atoms with Crippen LogP contribution in [0.25, 0.3) is 5.69 Å². The van der Waals surface area contributed by atoms with Gasteiger partial charge in [0.2, 0.25) is 0 Å². The zero-order valence-electron chi connectivity index (χ0n) is 19.2. The molecule has 4 aromatic rings. The average Bonchev–Trinajstić information content (AvgIpc) is 3.35. The molecule has 1 aliphatic rings. The number of aryl methyl sites for hydroxylation is 1. The minimum Gasteiger partial charge on any atom is -0.497 e. The van der Waals surface area contributed by atoms with Crippen LogP contribution in [-0.2, 0) is 0 Å². The van der Waals surface area contributed by atoms with Crippen molar-refractivity contribution in [2.24, 2.45) is 0 Å². The Morgan fingerprint density at radius 3 is 2.47 bits per heavy atom. The SMILES string of the molecule is COc1cccc(N2C(=S)N[C@H](c3ccccn3)[C@@H]2c2cc(C)n(-c3ccc(Cl)cc3)c2C)c1. The Kier molecular flexibility index (Phi) is 6.02. The van der Waals surface area contributed by atoms with Gasteiger partial charge in [0.15, 0.2) is 5.11 Å². The predicted molar refractivity (Wildman–Crippen MR) is 141 cm³/mol. The number of rotatable bonds is 5. The molecule has 5 rings (SSSR count). The number of hydrogen-bond donors (Lipinski definition) is 1. The Labute approximate surface area is 210 Å². The van der Waals surface area contributed by atoms with Crippen molar-refractivity contribution in [2.75, 3.05) is 12.0 Å². The molecule has 0 amide bonds. The van der Waals surface area contributed by atoms with E-state index >= 15 is 0 Å². The van der Waals surface area contributed by atoms with Crippen molar-refractivity contribution in [3.63, 3.8) is 0 Å². The summed E-state index contributed by atoms with van der Waals surface area (Å²) >= 11 is 12.0. The fourth-order valence-corrected chi connectivity index (χ4v) is 5.26. The van der Waals surface area contributed by atoms with Gasteiger partial charge in [-0.15, -0.1) is 0 Å². The summed E-state index contributed by atoms with van der Waals surface area (Å²) in [6.45, 7) is 4.27. The van der Waals surface area contributed by atoms with Gasteiger partial charge in [0, 0.05) is 40.0 Å². The number of aromatic nitrogens is 2. The van der Waals surface area contributed by atoms with E-state index in [1.807, 2.05) is 66.9 Å². The van der Waals surface area contributed by atoms with Crippen LogP contribution in [0.3, 0.4) is 0 Å². The highest BCUT2D eigenvalue weighted by Crippen LogP contribution is 2.44. The normalized spacial score (nSPS) is 17.6. The minimum atomic E-state index is -0.112. The van der Waals surface area contributed by atoms with Crippen molar-refractivity contribution < 1.29 is 4.74 Å². The molecule has 1 aliphatic heterocycles. The van der Waals surface area contributed by atoms with Crippen LogP contribution in [0.5, 0.6) is 5.75 Å². The van der Waals surface area contributed by atoms with Gasteiger partial charge < -0.3 is 19.5 Å². The summed E-state index contributed by atoms with van der Waals surface area (Å²) in [5.41, 5.74) is 6.44. The molecule has 0 aliphatic carbocycles. The maximum atomic E-state index is 6.15. The molecule has 2 aromatic heterocycles. The number of anilines is 1. The first-order valence-electron chi connectivity index (χ1n) is 11.1. The molecule has 0 saturated carbocycles. The molecule has 3 heterocycles. The highest BCUT2D eigenvalue weighted by atomic mass is 35.5. The third kappa shape index (κ3) is 3.93. The summed E-state index contributed by atoms with van der Waals surface area (Å²) < 4.78 is 7.76. The van der Waals surface area contributed by atoms with E-state index < -0.39 is 0 Å². The lowest BCUT2D eigenvalue weighted by molar-refractivity contribution is 0.415. The molecule has 0 radical (unpaired) electrons. The number of benzene rings is 2. The number of nitrogens with zero attached hydrogens (tertiary/aromatic N) is 3. The van der Waals surface area contributed by atoms with Gasteiger partial charge in [-0.3, -0.25) is 4.98 Å². The molecule has 1 saturated heterocycles. The number of ether oxygens (including phenoxy) is 1. The van der Waals surface area contributed by atoms with Gasteiger partial charge in [-0.1, -0.05) is 23.7 Å². The van der Waals surface area contributed by atoms with Crippen LogP contribution in [0.15, 0.2) is 79.0 Å². The first kappa shape index (κ1) is 22.4. The maximum absolute atomic E-state index is 6.15. The van der Waals surface area contributed by atoms with Crippen LogP contribution in [0.2, 0.25) is 5.02 Å². The monoisotopic (exact) mass is 488 g/mol. The molecule has 5 nitrogen and oxygen atoms in total. The van der Waals surface area contributed by atoms with Crippen molar-refractivity contribution in [1.29, 1.82) is 0 Å². The smallest absolute Gasteiger partial charge is 0.174 e. The van der Waals surface area contributed by atoms with Gasteiger partial charge >= 0.3 is 0 Å². The highest BCUT2D eigenvalue weighted by Gasteiger charge is 2.42. The Bertz CT molecular complexity index is 1340. The maximum Gasteiger partial charge on any atom is 0.174 e. The second-order valence-corrected chi connectivity index (χ2v) is 9.16. The molecule has 1 N–H and O–H groups in total. The second kappa shape index (κ2) is 9.12. The molecular weight excluding hydrogens is 464 g/mol. The predicted octanol–water partition coefficient (Wildman–Crippen LogP) is 6.33. The third-order valence-corrected chi connectivity index (χ3v) is 6.87. The molecule has 0 unspecified atom stereocenters. The summed E-state index contributed by atoms with van der Waals surface area (Å²) in [6, 6.07) is 23.9. The van der Waals surface area contributed by atoms with Crippen LogP contribution in [0.1, 0.15) is 34.7 Å². The molecule has 0 bridgehead atoms. The van der Waals surface area contributed by atoms with Gasteiger partial charge in [-0.2, -0.15) is 0 Å². The van der Waals surface area contributed by atoms with Crippen molar-refractivity contribution in [2.45, 2.75) is 25.9 Å². The third-order valence-electron chi connectivity index (χ3n) is 6.30. The highest BCUT2D eigenvalue weighted by molar-refractivity contribution is 7.80. The van der Waals surface area contributed by atoms with E-state index in [4.69, 9.17) is 28.6 Å². The summed E-state index contributed by atoms with van der Waals surface area (Å²) in [5.74, 6) is 0.784. The average molecular weight is 489 g/mol. The quantitative estimate of drug-likeness (QED) is 0.332. The van der Waals surface area contributed by atoms with Crippen LogP contribution in [-0.4, -0.2) is 21.8 Å². The van der Waals surface area contributed by atoms with E-state index in [-0.39, 0.29) is 12.1 Å². The number of thiocarbonyl (C=S) groups is 1. The van der Waals surface area contributed by atoms with Crippen LogP contribution in [0, 0.1) is 13.8 Å². The Balaban J connectivity index is 1.68. The first-order valence-corrected chi connectivity index (χ1v) is 11.9. The summed E-state index contributed by atoms with van der Waals surface area (Å²) in [6.07, 6.45) is 1.82. The van der Waals surface area contributed by atoms with E-state index in [2.05, 4.69) is 45.7 Å². The molecule has 172 valence electrons. The van der Waals surface area contributed by atoms with E-state index in [0.717, 1.165) is 39.2 Å². The molecule has 0 spiro atoms. The van der Waals surface area contributed by atoms with E-state index in [1.54, 1.807) is 7.11 Å². The van der Waals surface area contributed by atoms with Crippen LogP contribution < -0.4 is 15.0 Å².